The van der Waals surface area contributed by atoms with Gasteiger partial charge in [0, 0.05) is 0 Å². The van der Waals surface area contributed by atoms with Gasteiger partial charge in [-0.05, 0) is 0 Å². The molecule has 0 aliphatic heterocycles. The van der Waals surface area contributed by atoms with Crippen molar-refractivity contribution in [2.24, 2.45) is 49.4 Å². The second-order valence-corrected chi connectivity index (χ2v) is 2.55. The molecule has 0 fully saturated rings. The van der Waals surface area contributed by atoms with E-state index in [-0.39, 0.29) is 0 Å². The zero-order chi connectivity index (χ0) is 12.9. The SMILES string of the molecule is NC(N)=NC(N=C(N)N)(N=C(N)N)C(=O)O. The van der Waals surface area contributed by atoms with Gasteiger partial charge < -0.3 is 39.5 Å². The molecule has 0 amide bonds. The van der Waals surface area contributed by atoms with E-state index in [0.29, 0.717) is 0 Å². The number of nitrogens with zero attached hydrogens (tertiary/aromatic N) is 3. The number of hydrogen-bond donors (Lipinski definition) is 7. The fraction of sp³-hybridized carbons (Fsp3) is 0.200. The fourth-order valence-corrected chi connectivity index (χ4v) is 0.759. The van der Waals surface area contributed by atoms with Gasteiger partial charge in [0.2, 0.25) is 0 Å². The van der Waals surface area contributed by atoms with E-state index < -0.39 is 29.6 Å². The summed E-state index contributed by atoms with van der Waals surface area (Å²) in [5, 5.41) is 8.92. The van der Waals surface area contributed by atoms with E-state index in [1.165, 1.54) is 0 Å². The molecule has 0 bridgehead atoms. The van der Waals surface area contributed by atoms with Crippen molar-refractivity contribution in [3.05, 3.63) is 0 Å². The van der Waals surface area contributed by atoms with Crippen molar-refractivity contribution in [3.8, 4) is 0 Å². The first-order chi connectivity index (χ1) is 7.19. The molecule has 0 saturated carbocycles. The highest BCUT2D eigenvalue weighted by atomic mass is 16.4. The molecule has 0 rings (SSSR count). The van der Waals surface area contributed by atoms with Gasteiger partial charge in [0.1, 0.15) is 0 Å². The Morgan fingerprint density at radius 1 is 0.812 bits per heavy atom. The molecule has 0 aromatic rings. The van der Waals surface area contributed by atoms with Crippen LogP contribution in [0.3, 0.4) is 0 Å². The van der Waals surface area contributed by atoms with Crippen LogP contribution in [0.4, 0.5) is 0 Å². The average molecular weight is 231 g/mol. The van der Waals surface area contributed by atoms with Crippen LogP contribution in [0.15, 0.2) is 15.0 Å². The molecule has 0 aromatic heterocycles. The summed E-state index contributed by atoms with van der Waals surface area (Å²) in [6, 6.07) is 0. The van der Waals surface area contributed by atoms with E-state index in [1.807, 2.05) is 0 Å². The molecule has 13 N–H and O–H groups in total. The summed E-state index contributed by atoms with van der Waals surface area (Å²) in [6.45, 7) is 0. The van der Waals surface area contributed by atoms with Crippen LogP contribution >= 0.6 is 0 Å². The number of nitrogens with two attached hydrogens (primary N) is 6. The Hall–Kier alpha value is -2.72. The van der Waals surface area contributed by atoms with Crippen LogP contribution < -0.4 is 34.4 Å². The van der Waals surface area contributed by atoms with E-state index in [0.717, 1.165) is 0 Å². The normalized spacial score (nSPS) is 10.0. The van der Waals surface area contributed by atoms with Crippen LogP contribution in [0.1, 0.15) is 0 Å². The van der Waals surface area contributed by atoms with Crippen LogP contribution in [-0.2, 0) is 4.79 Å². The lowest BCUT2D eigenvalue weighted by molar-refractivity contribution is -0.142. The van der Waals surface area contributed by atoms with E-state index in [1.54, 1.807) is 0 Å². The van der Waals surface area contributed by atoms with Crippen LogP contribution in [0, 0.1) is 0 Å². The van der Waals surface area contributed by atoms with Gasteiger partial charge in [-0.15, -0.1) is 0 Å². The van der Waals surface area contributed by atoms with Gasteiger partial charge in [0.25, 0.3) is 0 Å². The lowest BCUT2D eigenvalue weighted by Crippen LogP contribution is -2.43. The van der Waals surface area contributed by atoms with Gasteiger partial charge in [-0.2, -0.15) is 15.0 Å². The Balaban J connectivity index is 5.79. The van der Waals surface area contributed by atoms with Crippen molar-refractivity contribution in [3.63, 3.8) is 0 Å². The standard InChI is InChI=1S/C5H13N9O2/c6-2(7)12-5(1(15)16,13-3(8)9)14-4(10)11/h(H,15,16)(H4,6,7,12)(H4,8,9,13)(H4,10,11,14). The van der Waals surface area contributed by atoms with Gasteiger partial charge in [-0.1, -0.05) is 0 Å². The maximum absolute atomic E-state index is 11.0. The Bertz CT molecular complexity index is 313. The Kier molecular flexibility index (Phi) is 3.88. The molecule has 0 radical (unpaired) electrons. The van der Waals surface area contributed by atoms with Gasteiger partial charge in [0.05, 0.1) is 0 Å². The van der Waals surface area contributed by atoms with Crippen LogP contribution in [0.25, 0.3) is 0 Å². The van der Waals surface area contributed by atoms with Gasteiger partial charge in [-0.3, -0.25) is 0 Å². The minimum atomic E-state index is -2.50. The molecule has 0 spiro atoms. The Labute approximate surface area is 89.9 Å². The first-order valence-corrected chi connectivity index (χ1v) is 3.75. The first-order valence-electron chi connectivity index (χ1n) is 3.75. The second kappa shape index (κ2) is 4.68. The predicted molar refractivity (Wildman–Crippen MR) is 57.8 cm³/mol. The maximum Gasteiger partial charge on any atom is 0.379 e. The highest BCUT2D eigenvalue weighted by Gasteiger charge is 2.39. The zero-order valence-electron chi connectivity index (χ0n) is 8.16. The summed E-state index contributed by atoms with van der Waals surface area (Å²) >= 11 is 0. The van der Waals surface area contributed by atoms with Crippen molar-refractivity contribution < 1.29 is 9.90 Å². The molecule has 0 heterocycles. The van der Waals surface area contributed by atoms with E-state index in [9.17, 15) is 4.79 Å². The monoisotopic (exact) mass is 231 g/mol. The van der Waals surface area contributed by atoms with Crippen molar-refractivity contribution >= 4 is 23.8 Å². The average Bonchev–Trinajstić information content (AvgIpc) is 1.98. The number of guanidine groups is 3. The number of hydrogen-bond acceptors (Lipinski definition) is 4. The largest absolute Gasteiger partial charge is 0.476 e. The smallest absolute Gasteiger partial charge is 0.379 e. The number of aliphatic imine (C=N–C) groups is 3. The summed E-state index contributed by atoms with van der Waals surface area (Å²) in [4.78, 5) is 20.8. The topological polar surface area (TPSA) is 231 Å². The van der Waals surface area contributed by atoms with Gasteiger partial charge >= 0.3 is 11.8 Å². The molecular weight excluding hydrogens is 218 g/mol. The molecule has 16 heavy (non-hydrogen) atoms. The van der Waals surface area contributed by atoms with Crippen molar-refractivity contribution in [2.45, 2.75) is 5.79 Å². The van der Waals surface area contributed by atoms with Crippen molar-refractivity contribution in [2.75, 3.05) is 0 Å². The quantitative estimate of drug-likeness (QED) is 0.183. The summed E-state index contributed by atoms with van der Waals surface area (Å²) in [5.41, 5.74) is 30.2. The highest BCUT2D eigenvalue weighted by molar-refractivity contribution is 5.90. The summed E-state index contributed by atoms with van der Waals surface area (Å²) in [6.07, 6.45) is 0. The summed E-state index contributed by atoms with van der Waals surface area (Å²) in [7, 11) is 0. The molecule has 11 nitrogen and oxygen atoms in total. The lowest BCUT2D eigenvalue weighted by Gasteiger charge is -2.16. The molecule has 0 aromatic carbocycles. The predicted octanol–water partition coefficient (Wildman–Crippen LogP) is -4.45. The van der Waals surface area contributed by atoms with Crippen LogP contribution in [-0.4, -0.2) is 34.7 Å². The van der Waals surface area contributed by atoms with Gasteiger partial charge in [0.15, 0.2) is 17.9 Å². The minimum absolute atomic E-state index is 0.600. The maximum atomic E-state index is 11.0. The van der Waals surface area contributed by atoms with E-state index >= 15 is 0 Å². The number of aliphatic carboxylic acids is 1. The third kappa shape index (κ3) is 3.57. The zero-order valence-corrected chi connectivity index (χ0v) is 8.16. The third-order valence-corrected chi connectivity index (χ3v) is 1.14. The number of carbonyl (C=O) groups is 1. The Morgan fingerprint density at radius 3 is 1.19 bits per heavy atom. The first kappa shape index (κ1) is 13.3. The van der Waals surface area contributed by atoms with Crippen LogP contribution in [0.5, 0.6) is 0 Å². The van der Waals surface area contributed by atoms with Crippen LogP contribution in [0.2, 0.25) is 0 Å². The number of carboxylic acid groups (broad SMARTS) is 1. The molecule has 0 atom stereocenters. The fourth-order valence-electron chi connectivity index (χ4n) is 0.759. The highest BCUT2D eigenvalue weighted by Crippen LogP contribution is 2.15. The van der Waals surface area contributed by atoms with E-state index in [4.69, 9.17) is 39.5 Å². The molecule has 0 aliphatic carbocycles. The summed E-state index contributed by atoms with van der Waals surface area (Å²) in [5.74, 6) is -5.95. The number of carboxylic acids is 1. The van der Waals surface area contributed by atoms with Gasteiger partial charge in [-0.25, -0.2) is 4.79 Å². The van der Waals surface area contributed by atoms with E-state index in [2.05, 4.69) is 15.0 Å². The Morgan fingerprint density at radius 2 is 1.06 bits per heavy atom. The third-order valence-electron chi connectivity index (χ3n) is 1.14. The lowest BCUT2D eigenvalue weighted by atomic mass is 10.4. The minimum Gasteiger partial charge on any atom is -0.476 e. The van der Waals surface area contributed by atoms with Crippen molar-refractivity contribution in [1.82, 2.24) is 0 Å². The molecule has 0 unspecified atom stereocenters. The second-order valence-electron chi connectivity index (χ2n) is 2.55. The number of rotatable bonds is 4. The summed E-state index contributed by atoms with van der Waals surface area (Å²) < 4.78 is 0. The molecule has 0 saturated heterocycles. The van der Waals surface area contributed by atoms with Crippen molar-refractivity contribution in [1.29, 1.82) is 0 Å². The molecule has 90 valence electrons. The molecular formula is C5H13N9O2. The molecule has 11 heteroatoms. The molecule has 0 aliphatic rings.